The lowest BCUT2D eigenvalue weighted by Crippen LogP contribution is -2.39. The highest BCUT2D eigenvalue weighted by molar-refractivity contribution is 4.67. The van der Waals surface area contributed by atoms with Crippen molar-refractivity contribution >= 4 is 0 Å². The van der Waals surface area contributed by atoms with E-state index in [4.69, 9.17) is 0 Å². The molecule has 0 amide bonds. The molecule has 0 fully saturated rings. The van der Waals surface area contributed by atoms with E-state index < -0.39 is 0 Å². The second kappa shape index (κ2) is 8.97. The molecule has 0 aromatic rings. The van der Waals surface area contributed by atoms with Crippen molar-refractivity contribution in [2.75, 3.05) is 40.3 Å². The van der Waals surface area contributed by atoms with Crippen LogP contribution >= 0.6 is 0 Å². The molecule has 0 aromatic carbocycles. The number of aliphatic hydroxyl groups excluding tert-OH is 1. The molecule has 1 N–H and O–H groups in total. The van der Waals surface area contributed by atoms with Gasteiger partial charge in [0.25, 0.3) is 0 Å². The van der Waals surface area contributed by atoms with E-state index in [2.05, 4.69) is 44.7 Å². The van der Waals surface area contributed by atoms with Crippen LogP contribution in [-0.4, -0.2) is 61.3 Å². The summed E-state index contributed by atoms with van der Waals surface area (Å²) in [7, 11) is 4.19. The largest absolute Gasteiger partial charge is 0.392 e. The lowest BCUT2D eigenvalue weighted by Gasteiger charge is -2.27. The van der Waals surface area contributed by atoms with E-state index in [-0.39, 0.29) is 6.10 Å². The highest BCUT2D eigenvalue weighted by atomic mass is 16.3. The summed E-state index contributed by atoms with van der Waals surface area (Å²) in [4.78, 5) is 4.57. The van der Waals surface area contributed by atoms with Crippen LogP contribution in [-0.2, 0) is 0 Å². The minimum Gasteiger partial charge on any atom is -0.392 e. The zero-order valence-corrected chi connectivity index (χ0v) is 11.7. The second-order valence-corrected chi connectivity index (χ2v) is 5.40. The SMILES string of the molecule is CCCC(O)CN(CCN(C)C)CC(C)C. The molecule has 0 aliphatic heterocycles. The molecule has 3 nitrogen and oxygen atoms in total. The van der Waals surface area contributed by atoms with Crippen LogP contribution in [0.5, 0.6) is 0 Å². The maximum Gasteiger partial charge on any atom is 0.0667 e. The van der Waals surface area contributed by atoms with Crippen LogP contribution in [0.15, 0.2) is 0 Å². The summed E-state index contributed by atoms with van der Waals surface area (Å²) in [6, 6.07) is 0. The molecule has 16 heavy (non-hydrogen) atoms. The number of aliphatic hydroxyl groups is 1. The summed E-state index contributed by atoms with van der Waals surface area (Å²) in [6.07, 6.45) is 1.81. The molecule has 98 valence electrons. The summed E-state index contributed by atoms with van der Waals surface area (Å²) in [5.41, 5.74) is 0. The molecule has 0 saturated carbocycles. The molecular formula is C13H30N2O. The third-order valence-electron chi connectivity index (χ3n) is 2.58. The zero-order chi connectivity index (χ0) is 12.6. The maximum absolute atomic E-state index is 9.84. The van der Waals surface area contributed by atoms with Crippen LogP contribution in [0, 0.1) is 5.92 Å². The average Bonchev–Trinajstić information content (AvgIpc) is 2.13. The Morgan fingerprint density at radius 3 is 2.12 bits per heavy atom. The molecule has 1 unspecified atom stereocenters. The van der Waals surface area contributed by atoms with Gasteiger partial charge >= 0.3 is 0 Å². The quantitative estimate of drug-likeness (QED) is 0.653. The van der Waals surface area contributed by atoms with Crippen LogP contribution in [0.1, 0.15) is 33.6 Å². The first-order valence-electron chi connectivity index (χ1n) is 6.50. The maximum atomic E-state index is 9.84. The predicted molar refractivity (Wildman–Crippen MR) is 70.7 cm³/mol. The highest BCUT2D eigenvalue weighted by Gasteiger charge is 2.12. The van der Waals surface area contributed by atoms with Crippen molar-refractivity contribution in [1.29, 1.82) is 0 Å². The fourth-order valence-electron chi connectivity index (χ4n) is 1.84. The van der Waals surface area contributed by atoms with Gasteiger partial charge in [0.2, 0.25) is 0 Å². The van der Waals surface area contributed by atoms with Crippen LogP contribution in [0.2, 0.25) is 0 Å². The second-order valence-electron chi connectivity index (χ2n) is 5.40. The Labute approximate surface area is 101 Å². The summed E-state index contributed by atoms with van der Waals surface area (Å²) in [5, 5.41) is 9.84. The summed E-state index contributed by atoms with van der Waals surface area (Å²) >= 11 is 0. The number of hydrogen-bond acceptors (Lipinski definition) is 3. The summed E-state index contributed by atoms with van der Waals surface area (Å²) in [5.74, 6) is 0.663. The Bertz CT molecular complexity index is 160. The van der Waals surface area contributed by atoms with Crippen LogP contribution in [0.3, 0.4) is 0 Å². The monoisotopic (exact) mass is 230 g/mol. The first kappa shape index (κ1) is 15.9. The molecule has 0 heterocycles. The van der Waals surface area contributed by atoms with Gasteiger partial charge in [0.1, 0.15) is 0 Å². The number of hydrogen-bond donors (Lipinski definition) is 1. The van der Waals surface area contributed by atoms with Crippen molar-refractivity contribution in [2.24, 2.45) is 5.92 Å². The van der Waals surface area contributed by atoms with Gasteiger partial charge in [-0.3, -0.25) is 4.90 Å². The summed E-state index contributed by atoms with van der Waals surface area (Å²) in [6.45, 7) is 10.6. The Kier molecular flexibility index (Phi) is 8.90. The number of nitrogens with zero attached hydrogens (tertiary/aromatic N) is 2. The van der Waals surface area contributed by atoms with Crippen LogP contribution in [0.4, 0.5) is 0 Å². The molecule has 1 atom stereocenters. The Morgan fingerprint density at radius 1 is 1.06 bits per heavy atom. The molecule has 0 aromatic heterocycles. The zero-order valence-electron chi connectivity index (χ0n) is 11.7. The molecule has 0 saturated heterocycles. The molecule has 0 bridgehead atoms. The van der Waals surface area contributed by atoms with Crippen LogP contribution < -0.4 is 0 Å². The molecule has 0 radical (unpaired) electrons. The van der Waals surface area contributed by atoms with Crippen molar-refractivity contribution in [3.05, 3.63) is 0 Å². The molecule has 0 aliphatic carbocycles. The van der Waals surface area contributed by atoms with Gasteiger partial charge in [0.15, 0.2) is 0 Å². The van der Waals surface area contributed by atoms with Crippen LogP contribution in [0.25, 0.3) is 0 Å². The first-order chi connectivity index (χ1) is 7.45. The van der Waals surface area contributed by atoms with Crippen molar-refractivity contribution in [3.63, 3.8) is 0 Å². The normalized spacial score (nSPS) is 14.1. The van der Waals surface area contributed by atoms with E-state index in [9.17, 15) is 5.11 Å². The third-order valence-corrected chi connectivity index (χ3v) is 2.58. The van der Waals surface area contributed by atoms with Crippen molar-refractivity contribution in [1.82, 2.24) is 9.80 Å². The lowest BCUT2D eigenvalue weighted by atomic mass is 10.1. The Balaban J connectivity index is 3.98. The fourth-order valence-corrected chi connectivity index (χ4v) is 1.84. The third kappa shape index (κ3) is 9.13. The Hall–Kier alpha value is -0.120. The molecular weight excluding hydrogens is 200 g/mol. The fraction of sp³-hybridized carbons (Fsp3) is 1.00. The van der Waals surface area contributed by atoms with Gasteiger partial charge in [0, 0.05) is 26.2 Å². The van der Waals surface area contributed by atoms with Crippen molar-refractivity contribution < 1.29 is 5.11 Å². The topological polar surface area (TPSA) is 26.7 Å². The van der Waals surface area contributed by atoms with Gasteiger partial charge in [0.05, 0.1) is 6.10 Å². The van der Waals surface area contributed by atoms with Gasteiger partial charge in [-0.05, 0) is 26.4 Å². The summed E-state index contributed by atoms with van der Waals surface area (Å²) < 4.78 is 0. The number of rotatable bonds is 9. The predicted octanol–water partition coefficient (Wildman–Crippen LogP) is 1.67. The van der Waals surface area contributed by atoms with E-state index in [1.807, 2.05) is 0 Å². The van der Waals surface area contributed by atoms with Gasteiger partial charge in [-0.15, -0.1) is 0 Å². The minimum absolute atomic E-state index is 0.161. The lowest BCUT2D eigenvalue weighted by molar-refractivity contribution is 0.0942. The molecule has 0 aliphatic rings. The average molecular weight is 230 g/mol. The molecule has 0 rings (SSSR count). The standard InChI is InChI=1S/C13H30N2O/c1-6-7-13(16)11-15(10-12(2)3)9-8-14(4)5/h12-13,16H,6-11H2,1-5H3. The van der Waals surface area contributed by atoms with E-state index in [0.29, 0.717) is 5.92 Å². The van der Waals surface area contributed by atoms with Crippen molar-refractivity contribution in [3.8, 4) is 0 Å². The van der Waals surface area contributed by atoms with E-state index >= 15 is 0 Å². The minimum atomic E-state index is -0.161. The smallest absolute Gasteiger partial charge is 0.0667 e. The molecule has 3 heteroatoms. The van der Waals surface area contributed by atoms with E-state index in [1.54, 1.807) is 0 Å². The van der Waals surface area contributed by atoms with Gasteiger partial charge in [-0.25, -0.2) is 0 Å². The highest BCUT2D eigenvalue weighted by Crippen LogP contribution is 2.04. The van der Waals surface area contributed by atoms with E-state index in [1.165, 1.54) is 0 Å². The van der Waals surface area contributed by atoms with E-state index in [0.717, 1.165) is 39.0 Å². The Morgan fingerprint density at radius 2 is 1.69 bits per heavy atom. The molecule has 0 spiro atoms. The number of likely N-dealkylation sites (N-methyl/N-ethyl adjacent to an activating group) is 1. The van der Waals surface area contributed by atoms with Gasteiger partial charge < -0.3 is 10.0 Å². The van der Waals surface area contributed by atoms with Gasteiger partial charge in [-0.1, -0.05) is 27.2 Å². The first-order valence-corrected chi connectivity index (χ1v) is 6.50. The van der Waals surface area contributed by atoms with Crippen molar-refractivity contribution in [2.45, 2.75) is 39.7 Å². The van der Waals surface area contributed by atoms with Gasteiger partial charge in [-0.2, -0.15) is 0 Å².